The number of nitrogens with one attached hydrogen (secondary N) is 1. The summed E-state index contributed by atoms with van der Waals surface area (Å²) in [6, 6.07) is 11.5. The highest BCUT2D eigenvalue weighted by Crippen LogP contribution is 2.11. The lowest BCUT2D eigenvalue weighted by molar-refractivity contribution is 0.0790. The summed E-state index contributed by atoms with van der Waals surface area (Å²) in [7, 11) is 1.76. The lowest BCUT2D eigenvalue weighted by atomic mass is 10.2. The molecule has 2 heterocycles. The molecule has 0 spiro atoms. The van der Waals surface area contributed by atoms with E-state index in [4.69, 9.17) is 11.6 Å². The highest BCUT2D eigenvalue weighted by atomic mass is 35.5. The monoisotopic (exact) mass is 381 g/mol. The molecule has 0 saturated heterocycles. The van der Waals surface area contributed by atoms with Gasteiger partial charge in [0.05, 0.1) is 12.4 Å². The zero-order chi connectivity index (χ0) is 19.1. The Kier molecular flexibility index (Phi) is 6.33. The van der Waals surface area contributed by atoms with E-state index in [1.54, 1.807) is 30.5 Å². The molecule has 0 radical (unpaired) electrons. The summed E-state index contributed by atoms with van der Waals surface area (Å²) in [6.07, 6.45) is 7.32. The average molecular weight is 382 g/mol. The van der Waals surface area contributed by atoms with Gasteiger partial charge in [-0.3, -0.25) is 9.78 Å². The van der Waals surface area contributed by atoms with Gasteiger partial charge in [0.15, 0.2) is 0 Å². The molecule has 1 N–H and O–H groups in total. The van der Waals surface area contributed by atoms with Crippen LogP contribution in [0.3, 0.4) is 0 Å². The van der Waals surface area contributed by atoms with E-state index in [0.717, 1.165) is 17.5 Å². The SMILES string of the molecule is CN(CCc1ccncc1)C(=O)c1cnc(NCc2ccc(Cl)cc2)cn1. The van der Waals surface area contributed by atoms with Crippen LogP contribution in [0, 0.1) is 0 Å². The number of amides is 1. The first kappa shape index (κ1) is 18.8. The molecule has 0 aliphatic carbocycles. The number of carbonyl (C=O) groups excluding carboxylic acids is 1. The molecule has 0 bridgehead atoms. The van der Waals surface area contributed by atoms with E-state index in [0.29, 0.717) is 29.6 Å². The van der Waals surface area contributed by atoms with Gasteiger partial charge in [0.2, 0.25) is 0 Å². The number of rotatable bonds is 7. The van der Waals surface area contributed by atoms with E-state index in [-0.39, 0.29) is 5.91 Å². The van der Waals surface area contributed by atoms with Gasteiger partial charge in [0, 0.05) is 37.6 Å². The molecule has 27 heavy (non-hydrogen) atoms. The molecule has 3 rings (SSSR count). The quantitative estimate of drug-likeness (QED) is 0.678. The number of hydrogen-bond acceptors (Lipinski definition) is 5. The number of aromatic nitrogens is 3. The molecular formula is C20H20ClN5O. The number of halogens is 1. The second-order valence-corrected chi connectivity index (χ2v) is 6.54. The summed E-state index contributed by atoms with van der Waals surface area (Å²) in [6.45, 7) is 1.20. The third kappa shape index (κ3) is 5.49. The van der Waals surface area contributed by atoms with Gasteiger partial charge >= 0.3 is 0 Å². The second-order valence-electron chi connectivity index (χ2n) is 6.10. The Hall–Kier alpha value is -2.99. The maximum Gasteiger partial charge on any atom is 0.273 e. The van der Waals surface area contributed by atoms with E-state index < -0.39 is 0 Å². The van der Waals surface area contributed by atoms with Gasteiger partial charge in [0.1, 0.15) is 11.5 Å². The van der Waals surface area contributed by atoms with Crippen molar-refractivity contribution in [1.82, 2.24) is 19.9 Å². The fourth-order valence-corrected chi connectivity index (χ4v) is 2.59. The minimum atomic E-state index is -0.152. The van der Waals surface area contributed by atoms with Gasteiger partial charge in [-0.05, 0) is 41.8 Å². The van der Waals surface area contributed by atoms with Crippen LogP contribution in [-0.2, 0) is 13.0 Å². The van der Waals surface area contributed by atoms with Crippen LogP contribution in [0.25, 0.3) is 0 Å². The second kappa shape index (κ2) is 9.09. The molecule has 7 heteroatoms. The Morgan fingerprint density at radius 1 is 1.04 bits per heavy atom. The molecule has 2 aromatic heterocycles. The minimum Gasteiger partial charge on any atom is -0.365 e. The summed E-state index contributed by atoms with van der Waals surface area (Å²) in [4.78, 5) is 26.6. The van der Waals surface area contributed by atoms with Crippen LogP contribution in [0.2, 0.25) is 5.02 Å². The van der Waals surface area contributed by atoms with Crippen LogP contribution in [0.15, 0.2) is 61.2 Å². The highest BCUT2D eigenvalue weighted by Gasteiger charge is 2.13. The van der Waals surface area contributed by atoms with Crippen molar-refractivity contribution in [2.45, 2.75) is 13.0 Å². The topological polar surface area (TPSA) is 71.0 Å². The highest BCUT2D eigenvalue weighted by molar-refractivity contribution is 6.30. The molecule has 1 aromatic carbocycles. The van der Waals surface area contributed by atoms with Crippen molar-refractivity contribution in [3.05, 3.63) is 83.0 Å². The number of nitrogens with zero attached hydrogens (tertiary/aromatic N) is 4. The van der Waals surface area contributed by atoms with E-state index in [2.05, 4.69) is 20.3 Å². The first-order chi connectivity index (χ1) is 13.1. The first-order valence-electron chi connectivity index (χ1n) is 8.56. The largest absolute Gasteiger partial charge is 0.365 e. The Balaban J connectivity index is 1.52. The molecule has 3 aromatic rings. The summed E-state index contributed by atoms with van der Waals surface area (Å²) in [5, 5.41) is 3.88. The third-order valence-corrected chi connectivity index (χ3v) is 4.34. The standard InChI is InChI=1S/C20H20ClN5O/c1-26(11-8-15-6-9-22-10-7-15)20(27)18-13-25-19(14-23-18)24-12-16-2-4-17(21)5-3-16/h2-7,9-10,13-14H,8,11-12H2,1H3,(H,24,25). The van der Waals surface area contributed by atoms with Crippen molar-refractivity contribution in [2.75, 3.05) is 18.9 Å². The predicted molar refractivity (Wildman–Crippen MR) is 106 cm³/mol. The maximum absolute atomic E-state index is 12.5. The third-order valence-electron chi connectivity index (χ3n) is 4.09. The van der Waals surface area contributed by atoms with Crippen LogP contribution in [0.4, 0.5) is 5.82 Å². The van der Waals surface area contributed by atoms with Gasteiger partial charge in [-0.2, -0.15) is 0 Å². The van der Waals surface area contributed by atoms with E-state index in [1.807, 2.05) is 36.4 Å². The van der Waals surface area contributed by atoms with Crippen molar-refractivity contribution < 1.29 is 4.79 Å². The van der Waals surface area contributed by atoms with Crippen LogP contribution >= 0.6 is 11.6 Å². The molecule has 0 saturated carbocycles. The van der Waals surface area contributed by atoms with Crippen LogP contribution in [0.1, 0.15) is 21.6 Å². The zero-order valence-corrected chi connectivity index (χ0v) is 15.7. The molecular weight excluding hydrogens is 362 g/mol. The Labute approximate surface area is 163 Å². The van der Waals surface area contributed by atoms with E-state index in [1.165, 1.54) is 6.20 Å². The maximum atomic E-state index is 12.5. The number of likely N-dealkylation sites (N-methyl/N-ethyl adjacent to an activating group) is 1. The van der Waals surface area contributed by atoms with Gasteiger partial charge < -0.3 is 10.2 Å². The number of carbonyl (C=O) groups is 1. The summed E-state index contributed by atoms with van der Waals surface area (Å²) >= 11 is 5.88. The minimum absolute atomic E-state index is 0.152. The van der Waals surface area contributed by atoms with Gasteiger partial charge in [0.25, 0.3) is 5.91 Å². The van der Waals surface area contributed by atoms with Crippen molar-refractivity contribution in [2.24, 2.45) is 0 Å². The Bertz CT molecular complexity index is 869. The van der Waals surface area contributed by atoms with Crippen molar-refractivity contribution in [1.29, 1.82) is 0 Å². The van der Waals surface area contributed by atoms with E-state index >= 15 is 0 Å². The van der Waals surface area contributed by atoms with Gasteiger partial charge in [-0.25, -0.2) is 9.97 Å². The molecule has 0 aliphatic heterocycles. The van der Waals surface area contributed by atoms with Crippen molar-refractivity contribution in [3.8, 4) is 0 Å². The summed E-state index contributed by atoms with van der Waals surface area (Å²) < 4.78 is 0. The smallest absolute Gasteiger partial charge is 0.273 e. The van der Waals surface area contributed by atoms with E-state index in [9.17, 15) is 4.79 Å². The number of pyridine rings is 1. The summed E-state index contributed by atoms with van der Waals surface area (Å²) in [5.74, 6) is 0.460. The summed E-state index contributed by atoms with van der Waals surface area (Å²) in [5.41, 5.74) is 2.54. The van der Waals surface area contributed by atoms with Crippen LogP contribution in [-0.4, -0.2) is 39.4 Å². The first-order valence-corrected chi connectivity index (χ1v) is 8.94. The molecule has 1 amide bonds. The molecule has 0 aliphatic rings. The van der Waals surface area contributed by atoms with Crippen molar-refractivity contribution >= 4 is 23.3 Å². The molecule has 0 fully saturated rings. The number of hydrogen-bond donors (Lipinski definition) is 1. The molecule has 0 atom stereocenters. The molecule has 6 nitrogen and oxygen atoms in total. The van der Waals surface area contributed by atoms with Gasteiger partial charge in [-0.15, -0.1) is 0 Å². The fraction of sp³-hybridized carbons (Fsp3) is 0.200. The average Bonchev–Trinajstić information content (AvgIpc) is 2.72. The fourth-order valence-electron chi connectivity index (χ4n) is 2.47. The number of anilines is 1. The van der Waals surface area contributed by atoms with Crippen LogP contribution in [0.5, 0.6) is 0 Å². The number of benzene rings is 1. The normalized spacial score (nSPS) is 10.4. The zero-order valence-electron chi connectivity index (χ0n) is 15.0. The lowest BCUT2D eigenvalue weighted by Crippen LogP contribution is -2.29. The molecule has 0 unspecified atom stereocenters. The Morgan fingerprint density at radius 2 is 1.78 bits per heavy atom. The van der Waals surface area contributed by atoms with Crippen LogP contribution < -0.4 is 5.32 Å². The van der Waals surface area contributed by atoms with Gasteiger partial charge in [-0.1, -0.05) is 23.7 Å². The molecule has 138 valence electrons. The van der Waals surface area contributed by atoms with Crippen molar-refractivity contribution in [3.63, 3.8) is 0 Å². The Morgan fingerprint density at radius 3 is 2.44 bits per heavy atom. The lowest BCUT2D eigenvalue weighted by Gasteiger charge is -2.16. The predicted octanol–water partition coefficient (Wildman–Crippen LogP) is 3.45.